The average Bonchev–Trinajstić information content (AvgIpc) is 2.13. The molecule has 0 spiro atoms. The zero-order valence-electron chi connectivity index (χ0n) is 9.80. The molecule has 78 valence electrons. The van der Waals surface area contributed by atoms with Gasteiger partial charge in [-0.3, -0.25) is 0 Å². The van der Waals surface area contributed by atoms with Crippen LogP contribution >= 0.6 is 0 Å². The van der Waals surface area contributed by atoms with Crippen LogP contribution in [0.25, 0.3) is 0 Å². The summed E-state index contributed by atoms with van der Waals surface area (Å²) in [5.41, 5.74) is 4.28. The van der Waals surface area contributed by atoms with Gasteiger partial charge in [-0.15, -0.1) is 0 Å². The van der Waals surface area contributed by atoms with Gasteiger partial charge in [-0.25, -0.2) is 0 Å². The Morgan fingerprint density at radius 2 is 1.71 bits per heavy atom. The third-order valence-corrected chi connectivity index (χ3v) is 2.77. The van der Waals surface area contributed by atoms with Gasteiger partial charge in [0, 0.05) is 18.8 Å². The lowest BCUT2D eigenvalue weighted by Crippen LogP contribution is -2.37. The summed E-state index contributed by atoms with van der Waals surface area (Å²) in [5.74, 6) is 0. The van der Waals surface area contributed by atoms with E-state index in [2.05, 4.69) is 36.9 Å². The second kappa shape index (κ2) is 5.04. The van der Waals surface area contributed by atoms with E-state index in [1.165, 1.54) is 36.3 Å². The van der Waals surface area contributed by atoms with Gasteiger partial charge in [0.2, 0.25) is 0 Å². The number of anilines is 1. The summed E-state index contributed by atoms with van der Waals surface area (Å²) in [6, 6.07) is 6.55. The number of nitrogens with zero attached hydrogens (tertiary/aromatic N) is 1. The van der Waals surface area contributed by atoms with Crippen LogP contribution in [0, 0.1) is 13.8 Å². The molecule has 1 aliphatic rings. The minimum Gasteiger partial charge on any atom is -0.371 e. The molecule has 1 heterocycles. The van der Waals surface area contributed by atoms with Gasteiger partial charge >= 0.3 is 0 Å². The Hall–Kier alpha value is -0.980. The summed E-state index contributed by atoms with van der Waals surface area (Å²) in [4.78, 5) is 2.45. The van der Waals surface area contributed by atoms with E-state index in [1.54, 1.807) is 0 Å². The fourth-order valence-corrected chi connectivity index (χ4v) is 1.64. The van der Waals surface area contributed by atoms with Crippen molar-refractivity contribution in [2.75, 3.05) is 18.0 Å². The molecule has 0 amide bonds. The molecule has 1 nitrogen and oxygen atoms in total. The largest absolute Gasteiger partial charge is 0.371 e. The predicted molar refractivity (Wildman–Crippen MR) is 64.1 cm³/mol. The monoisotopic (exact) mass is 191 g/mol. The Bertz CT molecular complexity index is 287. The molecule has 0 atom stereocenters. The second-order valence-corrected chi connectivity index (χ2v) is 3.56. The van der Waals surface area contributed by atoms with Gasteiger partial charge in [-0.1, -0.05) is 26.0 Å². The lowest BCUT2D eigenvalue weighted by atomic mass is 10.0. The van der Waals surface area contributed by atoms with Crippen LogP contribution in [0.1, 0.15) is 31.4 Å². The molecular weight excluding hydrogens is 170 g/mol. The number of hydrogen-bond acceptors (Lipinski definition) is 1. The molecule has 1 aliphatic heterocycles. The highest BCUT2D eigenvalue weighted by molar-refractivity contribution is 5.57. The predicted octanol–water partition coefficient (Wildman–Crippen LogP) is 3.54. The molecule has 0 unspecified atom stereocenters. The van der Waals surface area contributed by atoms with Crippen molar-refractivity contribution in [1.29, 1.82) is 0 Å². The highest BCUT2D eigenvalue weighted by atomic mass is 15.2. The minimum atomic E-state index is 1.24. The van der Waals surface area contributed by atoms with Gasteiger partial charge in [-0.05, 0) is 37.5 Å². The first-order valence-corrected chi connectivity index (χ1v) is 5.60. The highest BCUT2D eigenvalue weighted by Crippen LogP contribution is 2.26. The van der Waals surface area contributed by atoms with Crippen LogP contribution in [0.3, 0.4) is 0 Å². The van der Waals surface area contributed by atoms with Crippen molar-refractivity contribution in [1.82, 2.24) is 0 Å². The van der Waals surface area contributed by atoms with Crippen molar-refractivity contribution in [3.8, 4) is 0 Å². The molecule has 0 radical (unpaired) electrons. The Kier molecular flexibility index (Phi) is 3.99. The standard InChI is InChI=1S/C11H15N.C2H6/c1-9-5-3-6-11(10(9)2)12-7-4-8-12;1-2/h3,5-6H,4,7-8H2,1-2H3;1-2H3. The minimum absolute atomic E-state index is 1.24. The number of benzene rings is 1. The Morgan fingerprint density at radius 3 is 2.21 bits per heavy atom. The zero-order chi connectivity index (χ0) is 10.6. The van der Waals surface area contributed by atoms with Crippen molar-refractivity contribution < 1.29 is 0 Å². The quantitative estimate of drug-likeness (QED) is 0.656. The van der Waals surface area contributed by atoms with Crippen LogP contribution in [-0.4, -0.2) is 13.1 Å². The molecule has 1 aromatic carbocycles. The molecule has 1 heteroatoms. The van der Waals surface area contributed by atoms with Gasteiger partial charge in [0.05, 0.1) is 0 Å². The molecule has 14 heavy (non-hydrogen) atoms. The van der Waals surface area contributed by atoms with Crippen molar-refractivity contribution >= 4 is 5.69 Å². The summed E-state index contributed by atoms with van der Waals surface area (Å²) in [5, 5.41) is 0. The van der Waals surface area contributed by atoms with Gasteiger partial charge in [0.25, 0.3) is 0 Å². The SMILES string of the molecule is CC.Cc1cccc(N2CCC2)c1C. The van der Waals surface area contributed by atoms with Gasteiger partial charge < -0.3 is 4.90 Å². The molecule has 2 rings (SSSR count). The molecule has 0 aromatic heterocycles. The first kappa shape index (κ1) is 11.1. The Labute approximate surface area is 87.7 Å². The van der Waals surface area contributed by atoms with E-state index in [9.17, 15) is 0 Å². The van der Waals surface area contributed by atoms with Crippen molar-refractivity contribution in [2.45, 2.75) is 34.1 Å². The van der Waals surface area contributed by atoms with Crippen LogP contribution in [0.4, 0.5) is 5.69 Å². The van der Waals surface area contributed by atoms with E-state index < -0.39 is 0 Å². The van der Waals surface area contributed by atoms with Crippen LogP contribution in [0.2, 0.25) is 0 Å². The molecule has 0 N–H and O–H groups in total. The van der Waals surface area contributed by atoms with Gasteiger partial charge in [0.15, 0.2) is 0 Å². The van der Waals surface area contributed by atoms with Crippen molar-refractivity contribution in [3.63, 3.8) is 0 Å². The van der Waals surface area contributed by atoms with E-state index in [4.69, 9.17) is 0 Å². The molecule has 1 saturated heterocycles. The molecular formula is C13H21N. The zero-order valence-corrected chi connectivity index (χ0v) is 9.80. The van der Waals surface area contributed by atoms with Crippen LogP contribution in [0.5, 0.6) is 0 Å². The third-order valence-electron chi connectivity index (χ3n) is 2.77. The van der Waals surface area contributed by atoms with Crippen LogP contribution < -0.4 is 4.90 Å². The van der Waals surface area contributed by atoms with E-state index in [1.807, 2.05) is 13.8 Å². The number of hydrogen-bond donors (Lipinski definition) is 0. The van der Waals surface area contributed by atoms with Gasteiger partial charge in [0.1, 0.15) is 0 Å². The maximum Gasteiger partial charge on any atom is 0.0398 e. The summed E-state index contributed by atoms with van der Waals surface area (Å²) in [6.45, 7) is 10.9. The normalized spacial score (nSPS) is 14.1. The number of aryl methyl sites for hydroxylation is 1. The molecule has 0 saturated carbocycles. The fourth-order valence-electron chi connectivity index (χ4n) is 1.64. The molecule has 1 aromatic rings. The smallest absolute Gasteiger partial charge is 0.0398 e. The lowest BCUT2D eigenvalue weighted by Gasteiger charge is -2.34. The number of rotatable bonds is 1. The fraction of sp³-hybridized carbons (Fsp3) is 0.538. The molecule has 0 aliphatic carbocycles. The molecule has 1 fully saturated rings. The Morgan fingerprint density at radius 1 is 1.07 bits per heavy atom. The first-order chi connectivity index (χ1) is 6.79. The van der Waals surface area contributed by atoms with E-state index >= 15 is 0 Å². The topological polar surface area (TPSA) is 3.24 Å². The average molecular weight is 191 g/mol. The lowest BCUT2D eigenvalue weighted by molar-refractivity contribution is 0.616. The Balaban J connectivity index is 0.000000461. The summed E-state index contributed by atoms with van der Waals surface area (Å²) in [7, 11) is 0. The third kappa shape index (κ3) is 2.09. The summed E-state index contributed by atoms with van der Waals surface area (Å²) in [6.07, 6.45) is 1.35. The maximum absolute atomic E-state index is 2.45. The summed E-state index contributed by atoms with van der Waals surface area (Å²) < 4.78 is 0. The van der Waals surface area contributed by atoms with Crippen molar-refractivity contribution in [3.05, 3.63) is 29.3 Å². The van der Waals surface area contributed by atoms with Crippen molar-refractivity contribution in [2.24, 2.45) is 0 Å². The highest BCUT2D eigenvalue weighted by Gasteiger charge is 2.16. The summed E-state index contributed by atoms with van der Waals surface area (Å²) >= 11 is 0. The van der Waals surface area contributed by atoms with Crippen LogP contribution in [-0.2, 0) is 0 Å². The van der Waals surface area contributed by atoms with E-state index in [0.717, 1.165) is 0 Å². The first-order valence-electron chi connectivity index (χ1n) is 5.60. The van der Waals surface area contributed by atoms with E-state index in [-0.39, 0.29) is 0 Å². The maximum atomic E-state index is 2.45. The molecule has 0 bridgehead atoms. The second-order valence-electron chi connectivity index (χ2n) is 3.56. The van der Waals surface area contributed by atoms with E-state index in [0.29, 0.717) is 0 Å². The van der Waals surface area contributed by atoms with Gasteiger partial charge in [-0.2, -0.15) is 0 Å². The van der Waals surface area contributed by atoms with Crippen LogP contribution in [0.15, 0.2) is 18.2 Å².